The lowest BCUT2D eigenvalue weighted by Gasteiger charge is -2.42. The van der Waals surface area contributed by atoms with E-state index < -0.39 is 36.7 Å². The third-order valence-electron chi connectivity index (χ3n) is 8.41. The predicted octanol–water partition coefficient (Wildman–Crippen LogP) is 5.96. The summed E-state index contributed by atoms with van der Waals surface area (Å²) in [5, 5.41) is 0. The Balaban J connectivity index is 1.27. The first-order valence-electron chi connectivity index (χ1n) is 15.5. The van der Waals surface area contributed by atoms with E-state index in [2.05, 4.69) is 12.1 Å². The van der Waals surface area contributed by atoms with Gasteiger partial charge < -0.3 is 28.4 Å². The molecule has 8 heteroatoms. The third kappa shape index (κ3) is 7.58. The molecular formula is C35H41BO7. The first-order chi connectivity index (χ1) is 21.2. The zero-order chi connectivity index (χ0) is 29.3. The molecule has 1 saturated carbocycles. The quantitative estimate of drug-likeness (QED) is 0.217. The Kier molecular flexibility index (Phi) is 10.6. The molecule has 0 spiro atoms. The molecule has 6 rings (SSSR count). The summed E-state index contributed by atoms with van der Waals surface area (Å²) in [4.78, 5) is 0. The van der Waals surface area contributed by atoms with Gasteiger partial charge in [0.2, 0.25) is 0 Å². The van der Waals surface area contributed by atoms with Crippen LogP contribution in [0, 0.1) is 5.92 Å². The van der Waals surface area contributed by atoms with E-state index in [1.54, 1.807) is 0 Å². The van der Waals surface area contributed by atoms with Crippen LogP contribution in [-0.4, -0.2) is 57.7 Å². The molecule has 3 aliphatic rings. The summed E-state index contributed by atoms with van der Waals surface area (Å²) in [6, 6.07) is 30.3. The van der Waals surface area contributed by atoms with Crippen molar-refractivity contribution in [1.29, 1.82) is 0 Å². The SMILES string of the molecule is [B]CCOC1(C2CCCC2)OC2C(OCc3ccccc3)[C@H](OCc3ccccc3)C(COCc3ccccc3)O[C@H]2O1. The fraction of sp³-hybridized carbons (Fsp3) is 0.486. The molecular weight excluding hydrogens is 543 g/mol. The van der Waals surface area contributed by atoms with Crippen molar-refractivity contribution >= 4 is 7.85 Å². The van der Waals surface area contributed by atoms with Crippen molar-refractivity contribution in [2.75, 3.05) is 13.2 Å². The molecule has 3 fully saturated rings. The summed E-state index contributed by atoms with van der Waals surface area (Å²) in [6.07, 6.45) is 1.76. The zero-order valence-electron chi connectivity index (χ0n) is 24.6. The van der Waals surface area contributed by atoms with Crippen LogP contribution in [0.1, 0.15) is 42.4 Å². The van der Waals surface area contributed by atoms with Crippen LogP contribution in [0.4, 0.5) is 0 Å². The van der Waals surface area contributed by atoms with E-state index in [1.165, 1.54) is 0 Å². The monoisotopic (exact) mass is 584 g/mol. The fourth-order valence-corrected chi connectivity index (χ4v) is 6.26. The number of fused-ring (bicyclic) bond motifs is 1. The summed E-state index contributed by atoms with van der Waals surface area (Å²) in [7, 11) is 5.86. The van der Waals surface area contributed by atoms with Crippen LogP contribution < -0.4 is 0 Å². The van der Waals surface area contributed by atoms with Crippen molar-refractivity contribution in [3.8, 4) is 0 Å². The molecule has 2 heterocycles. The second-order valence-electron chi connectivity index (χ2n) is 11.5. The Bertz CT molecular complexity index is 1230. The minimum atomic E-state index is -1.23. The van der Waals surface area contributed by atoms with Crippen LogP contribution in [0.2, 0.25) is 6.32 Å². The van der Waals surface area contributed by atoms with Gasteiger partial charge in [-0.15, -0.1) is 0 Å². The predicted molar refractivity (Wildman–Crippen MR) is 162 cm³/mol. The lowest BCUT2D eigenvalue weighted by atomic mass is 9.98. The maximum absolute atomic E-state index is 6.77. The summed E-state index contributed by atoms with van der Waals surface area (Å²) < 4.78 is 45.9. The van der Waals surface area contributed by atoms with Gasteiger partial charge in [-0.1, -0.05) is 110 Å². The Morgan fingerprint density at radius 1 is 0.698 bits per heavy atom. The van der Waals surface area contributed by atoms with Gasteiger partial charge in [0.25, 0.3) is 5.97 Å². The molecule has 0 N–H and O–H groups in total. The normalized spacial score (nSPS) is 29.1. The van der Waals surface area contributed by atoms with Gasteiger partial charge in [-0.3, -0.25) is 4.74 Å². The van der Waals surface area contributed by atoms with Crippen molar-refractivity contribution in [3.63, 3.8) is 0 Å². The van der Waals surface area contributed by atoms with Crippen LogP contribution in [0.5, 0.6) is 0 Å². The van der Waals surface area contributed by atoms with E-state index in [0.29, 0.717) is 39.4 Å². The maximum atomic E-state index is 6.77. The summed E-state index contributed by atoms with van der Waals surface area (Å²) >= 11 is 0. The van der Waals surface area contributed by atoms with Gasteiger partial charge in [0.15, 0.2) is 6.29 Å². The Labute approximate surface area is 256 Å². The molecule has 3 aromatic rings. The number of hydrogen-bond donors (Lipinski definition) is 0. The van der Waals surface area contributed by atoms with Gasteiger partial charge in [0.1, 0.15) is 24.4 Å². The van der Waals surface area contributed by atoms with Crippen LogP contribution >= 0.6 is 0 Å². The molecule has 0 amide bonds. The van der Waals surface area contributed by atoms with Gasteiger partial charge in [0.05, 0.1) is 34.3 Å². The summed E-state index contributed by atoms with van der Waals surface area (Å²) in [5.41, 5.74) is 3.21. The van der Waals surface area contributed by atoms with Crippen molar-refractivity contribution in [2.24, 2.45) is 5.92 Å². The molecule has 1 aliphatic carbocycles. The highest BCUT2D eigenvalue weighted by Crippen LogP contribution is 2.47. The lowest BCUT2D eigenvalue weighted by molar-refractivity contribution is -0.378. The molecule has 3 aromatic carbocycles. The average Bonchev–Trinajstić information content (AvgIpc) is 3.73. The van der Waals surface area contributed by atoms with Gasteiger partial charge in [-0.05, 0) is 29.5 Å². The van der Waals surface area contributed by atoms with Gasteiger partial charge >= 0.3 is 0 Å². The third-order valence-corrected chi connectivity index (χ3v) is 8.41. The molecule has 226 valence electrons. The first-order valence-corrected chi connectivity index (χ1v) is 15.5. The van der Waals surface area contributed by atoms with Crippen molar-refractivity contribution in [2.45, 2.75) is 88.5 Å². The van der Waals surface area contributed by atoms with Crippen LogP contribution in [-0.2, 0) is 53.0 Å². The van der Waals surface area contributed by atoms with Gasteiger partial charge in [-0.2, -0.15) is 0 Å². The summed E-state index contributed by atoms with van der Waals surface area (Å²) in [5.74, 6) is -1.15. The molecule has 2 aliphatic heterocycles. The largest absolute Gasteiger partial charge is 0.374 e. The topological polar surface area (TPSA) is 64.6 Å². The highest BCUT2D eigenvalue weighted by atomic mass is 16.9. The van der Waals surface area contributed by atoms with Crippen LogP contribution in [0.15, 0.2) is 91.0 Å². The number of benzene rings is 3. The Morgan fingerprint density at radius 3 is 1.84 bits per heavy atom. The standard InChI is InChI=1S/C35H41BO7/c36-20-21-40-35(29-18-10-11-19-29)42-33-32(39-24-28-16-8-3-9-17-28)31(38-23-27-14-6-2-7-15-27)30(41-34(33)43-35)25-37-22-26-12-4-1-5-13-26/h1-9,12-17,29-34H,10-11,18-25H2/t30?,31-,32?,33?,34+,35?/m1/s1. The highest BCUT2D eigenvalue weighted by molar-refractivity contribution is 6.08. The van der Waals surface area contributed by atoms with Crippen LogP contribution in [0.25, 0.3) is 0 Å². The Morgan fingerprint density at radius 2 is 1.26 bits per heavy atom. The Hall–Kier alpha value is -2.56. The maximum Gasteiger partial charge on any atom is 0.288 e. The van der Waals surface area contributed by atoms with Crippen LogP contribution in [0.3, 0.4) is 0 Å². The molecule has 6 atom stereocenters. The van der Waals surface area contributed by atoms with E-state index in [-0.39, 0.29) is 5.92 Å². The van der Waals surface area contributed by atoms with E-state index in [4.69, 9.17) is 41.0 Å². The molecule has 43 heavy (non-hydrogen) atoms. The molecule has 0 bridgehead atoms. The van der Waals surface area contributed by atoms with E-state index in [1.807, 2.05) is 78.9 Å². The zero-order valence-corrected chi connectivity index (χ0v) is 24.6. The minimum absolute atomic E-state index is 0.0829. The molecule has 4 unspecified atom stereocenters. The van der Waals surface area contributed by atoms with Crippen molar-refractivity contribution in [3.05, 3.63) is 108 Å². The molecule has 2 saturated heterocycles. The van der Waals surface area contributed by atoms with E-state index >= 15 is 0 Å². The van der Waals surface area contributed by atoms with Crippen molar-refractivity contribution < 1.29 is 33.2 Å². The molecule has 2 radical (unpaired) electrons. The van der Waals surface area contributed by atoms with E-state index in [0.717, 1.165) is 42.4 Å². The number of rotatable bonds is 14. The smallest absolute Gasteiger partial charge is 0.288 e. The minimum Gasteiger partial charge on any atom is -0.374 e. The molecule has 0 aromatic heterocycles. The van der Waals surface area contributed by atoms with Gasteiger partial charge in [-0.25, -0.2) is 0 Å². The lowest BCUT2D eigenvalue weighted by Crippen LogP contribution is -2.59. The number of hydrogen-bond acceptors (Lipinski definition) is 7. The number of ether oxygens (including phenoxy) is 7. The first kappa shape index (κ1) is 30.5. The average molecular weight is 585 g/mol. The summed E-state index contributed by atoms with van der Waals surface area (Å²) in [6.45, 7) is 1.86. The highest BCUT2D eigenvalue weighted by Gasteiger charge is 2.62. The van der Waals surface area contributed by atoms with Gasteiger partial charge in [0, 0.05) is 12.5 Å². The van der Waals surface area contributed by atoms with Crippen molar-refractivity contribution in [1.82, 2.24) is 0 Å². The second kappa shape index (κ2) is 15.0. The fourth-order valence-electron chi connectivity index (χ4n) is 6.26. The van der Waals surface area contributed by atoms with E-state index in [9.17, 15) is 0 Å². The second-order valence-corrected chi connectivity index (χ2v) is 11.5. The molecule has 7 nitrogen and oxygen atoms in total.